The van der Waals surface area contributed by atoms with Crippen molar-refractivity contribution in [3.63, 3.8) is 0 Å². The van der Waals surface area contributed by atoms with Crippen LogP contribution in [0, 0.1) is 6.92 Å². The summed E-state index contributed by atoms with van der Waals surface area (Å²) in [5.74, 6) is 0.869. The number of hydrogen-bond donors (Lipinski definition) is 1. The molecule has 1 aliphatic heterocycles. The summed E-state index contributed by atoms with van der Waals surface area (Å²) in [5.41, 5.74) is 1.14. The first-order valence-corrected chi connectivity index (χ1v) is 8.64. The topological polar surface area (TPSA) is 79.2 Å². The van der Waals surface area contributed by atoms with E-state index in [1.165, 1.54) is 0 Å². The van der Waals surface area contributed by atoms with E-state index in [4.69, 9.17) is 0 Å². The molecule has 25 heavy (non-hydrogen) atoms. The fourth-order valence-electron chi connectivity index (χ4n) is 2.90. The molecule has 1 atom stereocenters. The van der Waals surface area contributed by atoms with Crippen LogP contribution in [0.4, 0.5) is 5.95 Å². The number of carbonyl (C=O) groups excluding carboxylic acids is 1. The zero-order chi connectivity index (χ0) is 17.6. The van der Waals surface area contributed by atoms with Crippen molar-refractivity contribution in [1.82, 2.24) is 30.0 Å². The number of amides is 1. The van der Waals surface area contributed by atoms with Crippen molar-refractivity contribution in [3.8, 4) is 0 Å². The molecule has 1 aliphatic rings. The van der Waals surface area contributed by atoms with E-state index in [9.17, 15) is 4.79 Å². The minimum absolute atomic E-state index is 0.136. The Morgan fingerprint density at radius 3 is 2.60 bits per heavy atom. The van der Waals surface area contributed by atoms with Gasteiger partial charge in [-0.2, -0.15) is 5.10 Å². The second-order valence-corrected chi connectivity index (χ2v) is 6.44. The van der Waals surface area contributed by atoms with E-state index in [2.05, 4.69) is 32.2 Å². The third-order valence-electron chi connectivity index (χ3n) is 4.29. The van der Waals surface area contributed by atoms with Gasteiger partial charge in [-0.3, -0.25) is 9.48 Å². The highest BCUT2D eigenvalue weighted by molar-refractivity contribution is 5.78. The largest absolute Gasteiger partial charge is 0.338 e. The standard InChI is InChI=1S/C17H25N7O/c1-14-10-21-24(12-14)13-15(2)20-11-16(25)22-6-8-23(9-7-22)17-18-4-3-5-19-17/h3-5,10,12,15,20H,6-9,11,13H2,1-2H3. The molecule has 8 nitrogen and oxygen atoms in total. The van der Waals surface area contributed by atoms with E-state index in [0.717, 1.165) is 31.1 Å². The fraction of sp³-hybridized carbons (Fsp3) is 0.529. The molecule has 134 valence electrons. The predicted octanol–water partition coefficient (Wildman–Crippen LogP) is 0.308. The van der Waals surface area contributed by atoms with Gasteiger partial charge in [0.1, 0.15) is 0 Å². The lowest BCUT2D eigenvalue weighted by molar-refractivity contribution is -0.130. The highest BCUT2D eigenvalue weighted by Gasteiger charge is 2.22. The highest BCUT2D eigenvalue weighted by Crippen LogP contribution is 2.09. The number of hydrogen-bond acceptors (Lipinski definition) is 6. The van der Waals surface area contributed by atoms with Gasteiger partial charge < -0.3 is 15.1 Å². The fourth-order valence-corrected chi connectivity index (χ4v) is 2.90. The van der Waals surface area contributed by atoms with Gasteiger partial charge >= 0.3 is 0 Å². The molecular weight excluding hydrogens is 318 g/mol. The molecule has 1 saturated heterocycles. The van der Waals surface area contributed by atoms with Crippen molar-refractivity contribution >= 4 is 11.9 Å². The van der Waals surface area contributed by atoms with Gasteiger partial charge in [0.25, 0.3) is 0 Å². The number of nitrogens with zero attached hydrogens (tertiary/aromatic N) is 6. The molecule has 8 heteroatoms. The minimum atomic E-state index is 0.136. The van der Waals surface area contributed by atoms with E-state index in [-0.39, 0.29) is 11.9 Å². The van der Waals surface area contributed by atoms with Crippen molar-refractivity contribution < 1.29 is 4.79 Å². The normalized spacial score (nSPS) is 16.1. The van der Waals surface area contributed by atoms with Gasteiger partial charge in [-0.15, -0.1) is 0 Å². The lowest BCUT2D eigenvalue weighted by Gasteiger charge is -2.34. The first kappa shape index (κ1) is 17.3. The van der Waals surface area contributed by atoms with Crippen LogP contribution in [0.25, 0.3) is 0 Å². The van der Waals surface area contributed by atoms with Crippen molar-refractivity contribution in [1.29, 1.82) is 0 Å². The quantitative estimate of drug-likeness (QED) is 0.813. The van der Waals surface area contributed by atoms with Crippen LogP contribution in [0.15, 0.2) is 30.9 Å². The Balaban J connectivity index is 1.40. The van der Waals surface area contributed by atoms with Gasteiger partial charge in [0.15, 0.2) is 0 Å². The Bertz CT molecular complexity index is 679. The number of nitrogens with one attached hydrogen (secondary N) is 1. The molecule has 1 fully saturated rings. The Morgan fingerprint density at radius 1 is 1.24 bits per heavy atom. The van der Waals surface area contributed by atoms with Crippen LogP contribution in [-0.4, -0.2) is 69.3 Å². The first-order chi connectivity index (χ1) is 12.1. The van der Waals surface area contributed by atoms with Gasteiger partial charge in [0, 0.05) is 50.8 Å². The smallest absolute Gasteiger partial charge is 0.236 e. The Hall–Kier alpha value is -2.48. The van der Waals surface area contributed by atoms with Gasteiger partial charge in [-0.25, -0.2) is 9.97 Å². The van der Waals surface area contributed by atoms with Crippen LogP contribution in [0.1, 0.15) is 12.5 Å². The summed E-state index contributed by atoms with van der Waals surface area (Å²) in [5, 5.41) is 7.56. The number of carbonyl (C=O) groups is 1. The molecule has 1 N–H and O–H groups in total. The van der Waals surface area contributed by atoms with Crippen LogP contribution in [0.5, 0.6) is 0 Å². The van der Waals surface area contributed by atoms with E-state index < -0.39 is 0 Å². The SMILES string of the molecule is Cc1cnn(CC(C)NCC(=O)N2CCN(c3ncccn3)CC2)c1. The number of aryl methyl sites for hydroxylation is 1. The number of piperazine rings is 1. The van der Waals surface area contributed by atoms with E-state index in [1.807, 2.05) is 28.9 Å². The van der Waals surface area contributed by atoms with E-state index in [0.29, 0.717) is 19.6 Å². The summed E-state index contributed by atoms with van der Waals surface area (Å²) < 4.78 is 1.90. The van der Waals surface area contributed by atoms with Crippen molar-refractivity contribution in [2.24, 2.45) is 0 Å². The van der Waals surface area contributed by atoms with Crippen LogP contribution in [0.3, 0.4) is 0 Å². The lowest BCUT2D eigenvalue weighted by atomic mass is 10.3. The molecule has 0 spiro atoms. The van der Waals surface area contributed by atoms with Gasteiger partial charge in [0.05, 0.1) is 19.3 Å². The Labute approximate surface area is 147 Å². The first-order valence-electron chi connectivity index (χ1n) is 8.64. The lowest BCUT2D eigenvalue weighted by Crippen LogP contribution is -2.52. The molecule has 1 amide bonds. The molecule has 0 bridgehead atoms. The summed E-state index contributed by atoms with van der Waals surface area (Å²) in [6.45, 7) is 8.11. The maximum absolute atomic E-state index is 12.4. The summed E-state index contributed by atoms with van der Waals surface area (Å²) in [7, 11) is 0. The molecule has 2 aromatic heterocycles. The molecule has 0 saturated carbocycles. The molecule has 0 radical (unpaired) electrons. The third-order valence-corrected chi connectivity index (χ3v) is 4.29. The average Bonchev–Trinajstić information content (AvgIpc) is 3.05. The number of rotatable bonds is 6. The van der Waals surface area contributed by atoms with Gasteiger partial charge in [-0.1, -0.05) is 0 Å². The van der Waals surface area contributed by atoms with Crippen LogP contribution in [0.2, 0.25) is 0 Å². The summed E-state index contributed by atoms with van der Waals surface area (Å²) in [4.78, 5) is 24.9. The monoisotopic (exact) mass is 343 g/mol. The second-order valence-electron chi connectivity index (χ2n) is 6.44. The zero-order valence-electron chi connectivity index (χ0n) is 14.8. The third kappa shape index (κ3) is 4.76. The second kappa shape index (κ2) is 8.06. The van der Waals surface area contributed by atoms with E-state index >= 15 is 0 Å². The van der Waals surface area contributed by atoms with Gasteiger partial charge in [0.2, 0.25) is 11.9 Å². The maximum Gasteiger partial charge on any atom is 0.236 e. The van der Waals surface area contributed by atoms with Crippen molar-refractivity contribution in [2.75, 3.05) is 37.6 Å². The summed E-state index contributed by atoms with van der Waals surface area (Å²) in [6.07, 6.45) is 7.33. The maximum atomic E-state index is 12.4. The van der Waals surface area contributed by atoms with Gasteiger partial charge in [-0.05, 0) is 25.5 Å². The molecular formula is C17H25N7O. The van der Waals surface area contributed by atoms with Crippen LogP contribution < -0.4 is 10.2 Å². The average molecular weight is 343 g/mol. The molecule has 1 unspecified atom stereocenters. The Kier molecular flexibility index (Phi) is 5.60. The highest BCUT2D eigenvalue weighted by atomic mass is 16.2. The zero-order valence-corrected chi connectivity index (χ0v) is 14.8. The number of anilines is 1. The summed E-state index contributed by atoms with van der Waals surface area (Å²) in [6, 6.07) is 1.99. The van der Waals surface area contributed by atoms with Crippen LogP contribution >= 0.6 is 0 Å². The number of aromatic nitrogens is 4. The summed E-state index contributed by atoms with van der Waals surface area (Å²) >= 11 is 0. The van der Waals surface area contributed by atoms with Crippen LogP contribution in [-0.2, 0) is 11.3 Å². The van der Waals surface area contributed by atoms with Crippen molar-refractivity contribution in [2.45, 2.75) is 26.4 Å². The van der Waals surface area contributed by atoms with Crippen molar-refractivity contribution in [3.05, 3.63) is 36.4 Å². The predicted molar refractivity (Wildman–Crippen MR) is 95.3 cm³/mol. The molecule has 2 aromatic rings. The molecule has 3 heterocycles. The molecule has 0 aromatic carbocycles. The van der Waals surface area contributed by atoms with E-state index in [1.54, 1.807) is 18.5 Å². The molecule has 0 aliphatic carbocycles. The molecule has 3 rings (SSSR count). The Morgan fingerprint density at radius 2 is 1.96 bits per heavy atom. The minimum Gasteiger partial charge on any atom is -0.338 e.